The van der Waals surface area contributed by atoms with Gasteiger partial charge in [0.2, 0.25) is 0 Å². The molecule has 6 nitrogen and oxygen atoms in total. The Morgan fingerprint density at radius 2 is 2.14 bits per heavy atom. The van der Waals surface area contributed by atoms with Crippen LogP contribution < -0.4 is 10.6 Å². The molecule has 2 N–H and O–H groups in total. The van der Waals surface area contributed by atoms with E-state index >= 15 is 0 Å². The highest BCUT2D eigenvalue weighted by Gasteiger charge is 2.07. The molecule has 0 aliphatic carbocycles. The predicted molar refractivity (Wildman–Crippen MR) is 90.0 cm³/mol. The number of para-hydroxylation sites is 2. The zero-order chi connectivity index (χ0) is 15.8. The van der Waals surface area contributed by atoms with Gasteiger partial charge in [-0.05, 0) is 25.5 Å². The van der Waals surface area contributed by atoms with Crippen molar-refractivity contribution in [3.63, 3.8) is 0 Å². The van der Waals surface area contributed by atoms with Crippen LogP contribution in [0.3, 0.4) is 0 Å². The number of aryl methyl sites for hydroxylation is 1. The largest absolute Gasteiger partial charge is 0.382 e. The molecular formula is C16H25N5O. The number of aliphatic imine (C=N–C) groups is 1. The van der Waals surface area contributed by atoms with Crippen LogP contribution in [0.2, 0.25) is 0 Å². The van der Waals surface area contributed by atoms with E-state index < -0.39 is 0 Å². The van der Waals surface area contributed by atoms with Gasteiger partial charge in [0.15, 0.2) is 5.96 Å². The standard InChI is InChI=1S/C16H25N5O/c1-4-22-11-7-10-18-16(17-2)19-12-15-20-13-8-5-6-9-14(13)21(15)3/h5-6,8-9H,4,7,10-12H2,1-3H3,(H2,17,18,19). The summed E-state index contributed by atoms with van der Waals surface area (Å²) in [5.74, 6) is 1.77. The molecule has 1 heterocycles. The normalized spacial score (nSPS) is 11.9. The van der Waals surface area contributed by atoms with Gasteiger partial charge in [0, 0.05) is 33.9 Å². The molecule has 0 fully saturated rings. The molecular weight excluding hydrogens is 278 g/mol. The molecule has 6 heteroatoms. The van der Waals surface area contributed by atoms with Crippen molar-refractivity contribution in [1.82, 2.24) is 20.2 Å². The molecule has 0 aliphatic heterocycles. The molecule has 0 unspecified atom stereocenters. The topological polar surface area (TPSA) is 63.5 Å². The van der Waals surface area contributed by atoms with Crippen LogP contribution in [0.25, 0.3) is 11.0 Å². The van der Waals surface area contributed by atoms with Gasteiger partial charge in [-0.15, -0.1) is 0 Å². The summed E-state index contributed by atoms with van der Waals surface area (Å²) in [4.78, 5) is 8.86. The molecule has 0 amide bonds. The Morgan fingerprint density at radius 1 is 1.32 bits per heavy atom. The Bertz CT molecular complexity index is 620. The van der Waals surface area contributed by atoms with E-state index in [9.17, 15) is 0 Å². The van der Waals surface area contributed by atoms with E-state index in [2.05, 4.69) is 31.2 Å². The summed E-state index contributed by atoms with van der Waals surface area (Å²) >= 11 is 0. The van der Waals surface area contributed by atoms with Crippen molar-refractivity contribution < 1.29 is 4.74 Å². The highest BCUT2D eigenvalue weighted by molar-refractivity contribution is 5.80. The number of fused-ring (bicyclic) bond motifs is 1. The minimum Gasteiger partial charge on any atom is -0.382 e. The quantitative estimate of drug-likeness (QED) is 0.464. The van der Waals surface area contributed by atoms with Gasteiger partial charge in [-0.1, -0.05) is 12.1 Å². The molecule has 0 radical (unpaired) electrons. The summed E-state index contributed by atoms with van der Waals surface area (Å²) in [6, 6.07) is 8.14. The van der Waals surface area contributed by atoms with Crippen molar-refractivity contribution in [3.8, 4) is 0 Å². The van der Waals surface area contributed by atoms with Gasteiger partial charge in [-0.25, -0.2) is 4.98 Å². The average Bonchev–Trinajstić information content (AvgIpc) is 2.87. The molecule has 0 spiro atoms. The second-order valence-corrected chi connectivity index (χ2v) is 4.98. The maximum Gasteiger partial charge on any atom is 0.191 e. The van der Waals surface area contributed by atoms with E-state index in [1.54, 1.807) is 7.05 Å². The SMILES string of the molecule is CCOCCCNC(=NC)NCc1nc2ccccc2n1C. The fraction of sp³-hybridized carbons (Fsp3) is 0.500. The summed E-state index contributed by atoms with van der Waals surface area (Å²) in [5, 5.41) is 6.57. The van der Waals surface area contributed by atoms with Crippen LogP contribution in [0.1, 0.15) is 19.2 Å². The van der Waals surface area contributed by atoms with Crippen LogP contribution >= 0.6 is 0 Å². The molecule has 22 heavy (non-hydrogen) atoms. The molecule has 0 atom stereocenters. The fourth-order valence-corrected chi connectivity index (χ4v) is 2.26. The summed E-state index contributed by atoms with van der Waals surface area (Å²) in [6.45, 7) is 5.01. The number of hydrogen-bond donors (Lipinski definition) is 2. The van der Waals surface area contributed by atoms with E-state index in [1.807, 2.05) is 32.2 Å². The third kappa shape index (κ3) is 4.21. The third-order valence-electron chi connectivity index (χ3n) is 3.48. The molecule has 1 aromatic heterocycles. The van der Waals surface area contributed by atoms with Gasteiger partial charge in [0.05, 0.1) is 17.6 Å². The first-order chi connectivity index (χ1) is 10.8. The summed E-state index contributed by atoms with van der Waals surface area (Å²) in [7, 11) is 3.80. The van der Waals surface area contributed by atoms with Crippen molar-refractivity contribution in [2.24, 2.45) is 12.0 Å². The highest BCUT2D eigenvalue weighted by Crippen LogP contribution is 2.13. The lowest BCUT2D eigenvalue weighted by Gasteiger charge is -2.11. The first-order valence-electron chi connectivity index (χ1n) is 7.68. The smallest absolute Gasteiger partial charge is 0.191 e. The fourth-order valence-electron chi connectivity index (χ4n) is 2.26. The number of rotatable bonds is 7. The summed E-state index contributed by atoms with van der Waals surface area (Å²) < 4.78 is 7.42. The monoisotopic (exact) mass is 303 g/mol. The maximum absolute atomic E-state index is 5.31. The van der Waals surface area contributed by atoms with Crippen molar-refractivity contribution in [2.45, 2.75) is 19.9 Å². The zero-order valence-corrected chi connectivity index (χ0v) is 13.6. The summed E-state index contributed by atoms with van der Waals surface area (Å²) in [5.41, 5.74) is 2.15. The van der Waals surface area contributed by atoms with Gasteiger partial charge >= 0.3 is 0 Å². The van der Waals surface area contributed by atoms with E-state index in [0.29, 0.717) is 6.54 Å². The predicted octanol–water partition coefficient (Wildman–Crippen LogP) is 1.66. The molecule has 0 bridgehead atoms. The van der Waals surface area contributed by atoms with Gasteiger partial charge in [0.1, 0.15) is 5.82 Å². The number of guanidine groups is 1. The molecule has 0 aliphatic rings. The Kier molecular flexibility index (Phi) is 6.21. The lowest BCUT2D eigenvalue weighted by Crippen LogP contribution is -2.38. The van der Waals surface area contributed by atoms with Gasteiger partial charge < -0.3 is 19.9 Å². The van der Waals surface area contributed by atoms with E-state index in [4.69, 9.17) is 4.74 Å². The molecule has 2 aromatic rings. The van der Waals surface area contributed by atoms with Crippen molar-refractivity contribution in [3.05, 3.63) is 30.1 Å². The average molecular weight is 303 g/mol. The molecule has 0 saturated heterocycles. The Labute approximate surface area is 131 Å². The van der Waals surface area contributed by atoms with Gasteiger partial charge in [0.25, 0.3) is 0 Å². The number of aromatic nitrogens is 2. The van der Waals surface area contributed by atoms with Crippen molar-refractivity contribution in [2.75, 3.05) is 26.8 Å². The lowest BCUT2D eigenvalue weighted by atomic mass is 10.3. The van der Waals surface area contributed by atoms with Gasteiger partial charge in [-0.3, -0.25) is 4.99 Å². The second-order valence-electron chi connectivity index (χ2n) is 4.98. The van der Waals surface area contributed by atoms with E-state index in [-0.39, 0.29) is 0 Å². The number of benzene rings is 1. The number of hydrogen-bond acceptors (Lipinski definition) is 3. The molecule has 1 aromatic carbocycles. The molecule has 0 saturated carbocycles. The lowest BCUT2D eigenvalue weighted by molar-refractivity contribution is 0.145. The number of imidazole rings is 1. The van der Waals surface area contributed by atoms with Crippen LogP contribution in [0, 0.1) is 0 Å². The Hall–Kier alpha value is -2.08. The number of ether oxygens (including phenoxy) is 1. The third-order valence-corrected chi connectivity index (χ3v) is 3.48. The minimum atomic E-state index is 0.635. The molecule has 2 rings (SSSR count). The number of nitrogens with one attached hydrogen (secondary N) is 2. The Morgan fingerprint density at radius 3 is 2.86 bits per heavy atom. The van der Waals surface area contributed by atoms with Crippen LogP contribution in [-0.2, 0) is 18.3 Å². The van der Waals surface area contributed by atoms with Crippen LogP contribution in [0.5, 0.6) is 0 Å². The van der Waals surface area contributed by atoms with Crippen LogP contribution in [0.4, 0.5) is 0 Å². The van der Waals surface area contributed by atoms with Gasteiger partial charge in [-0.2, -0.15) is 0 Å². The number of nitrogens with zero attached hydrogens (tertiary/aromatic N) is 3. The second kappa shape index (κ2) is 8.38. The van der Waals surface area contributed by atoms with Crippen LogP contribution in [-0.4, -0.2) is 42.3 Å². The Balaban J connectivity index is 1.85. The summed E-state index contributed by atoms with van der Waals surface area (Å²) in [6.07, 6.45) is 0.959. The molecule has 120 valence electrons. The first kappa shape index (κ1) is 16.3. The highest BCUT2D eigenvalue weighted by atomic mass is 16.5. The van der Waals surface area contributed by atoms with E-state index in [1.165, 1.54) is 0 Å². The zero-order valence-electron chi connectivity index (χ0n) is 13.6. The van der Waals surface area contributed by atoms with Crippen LogP contribution in [0.15, 0.2) is 29.3 Å². The van der Waals surface area contributed by atoms with Crippen molar-refractivity contribution >= 4 is 17.0 Å². The van der Waals surface area contributed by atoms with Crippen molar-refractivity contribution in [1.29, 1.82) is 0 Å². The maximum atomic E-state index is 5.31. The van der Waals surface area contributed by atoms with E-state index in [0.717, 1.165) is 49.0 Å². The first-order valence-corrected chi connectivity index (χ1v) is 7.68. The minimum absolute atomic E-state index is 0.635.